The molecule has 2 aromatic carbocycles. The van der Waals surface area contributed by atoms with E-state index in [1.165, 1.54) is 6.07 Å². The van der Waals surface area contributed by atoms with Gasteiger partial charge in [0.05, 0.1) is 7.11 Å². The van der Waals surface area contributed by atoms with Gasteiger partial charge in [-0.1, -0.05) is 15.9 Å². The Labute approximate surface area is 126 Å². The van der Waals surface area contributed by atoms with E-state index < -0.39 is 11.9 Å². The lowest BCUT2D eigenvalue weighted by atomic mass is 9.95. The molecule has 1 unspecified atom stereocenters. The van der Waals surface area contributed by atoms with Crippen molar-refractivity contribution in [2.75, 3.05) is 7.11 Å². The third-order valence-corrected chi connectivity index (χ3v) is 3.82. The van der Waals surface area contributed by atoms with Crippen molar-refractivity contribution in [3.8, 4) is 5.75 Å². The fourth-order valence-corrected chi connectivity index (χ4v) is 2.60. The number of rotatable bonds is 3. The standard InChI is InChI=1S/C16H16BrFO2/c1-9-7-15(20-3)10(2)6-12(9)16(19)13-8-11(17)4-5-14(13)18/h4-8,16,19H,1-3H3. The summed E-state index contributed by atoms with van der Waals surface area (Å²) in [6.07, 6.45) is -1.00. The summed E-state index contributed by atoms with van der Waals surface area (Å²) in [5.74, 6) is 0.335. The van der Waals surface area contributed by atoms with Crippen LogP contribution < -0.4 is 4.74 Å². The number of benzene rings is 2. The molecule has 1 atom stereocenters. The summed E-state index contributed by atoms with van der Waals surface area (Å²) in [6.45, 7) is 3.77. The van der Waals surface area contributed by atoms with Gasteiger partial charge in [0.25, 0.3) is 0 Å². The highest BCUT2D eigenvalue weighted by Gasteiger charge is 2.18. The Morgan fingerprint density at radius 1 is 1.10 bits per heavy atom. The molecule has 0 aromatic heterocycles. The molecule has 0 bridgehead atoms. The second-order valence-electron chi connectivity index (χ2n) is 4.75. The lowest BCUT2D eigenvalue weighted by molar-refractivity contribution is 0.214. The van der Waals surface area contributed by atoms with Crippen LogP contribution in [0.1, 0.15) is 28.4 Å². The normalized spacial score (nSPS) is 12.3. The van der Waals surface area contributed by atoms with E-state index in [1.54, 1.807) is 19.2 Å². The smallest absolute Gasteiger partial charge is 0.129 e. The van der Waals surface area contributed by atoms with Crippen LogP contribution in [0.2, 0.25) is 0 Å². The summed E-state index contributed by atoms with van der Waals surface area (Å²) in [4.78, 5) is 0. The number of methoxy groups -OCH3 is 1. The Bertz CT molecular complexity index is 641. The summed E-state index contributed by atoms with van der Waals surface area (Å²) in [5.41, 5.74) is 2.70. The van der Waals surface area contributed by atoms with Crippen LogP contribution in [-0.4, -0.2) is 12.2 Å². The number of hydrogen-bond acceptors (Lipinski definition) is 2. The van der Waals surface area contributed by atoms with Crippen LogP contribution >= 0.6 is 15.9 Å². The minimum Gasteiger partial charge on any atom is -0.496 e. The number of aliphatic hydroxyl groups is 1. The van der Waals surface area contributed by atoms with Crippen molar-refractivity contribution in [3.63, 3.8) is 0 Å². The first-order valence-electron chi connectivity index (χ1n) is 6.22. The van der Waals surface area contributed by atoms with Gasteiger partial charge in [0.1, 0.15) is 17.7 Å². The fourth-order valence-electron chi connectivity index (χ4n) is 2.22. The molecule has 0 aliphatic heterocycles. The number of halogens is 2. The second kappa shape index (κ2) is 5.94. The predicted octanol–water partition coefficient (Wildman–Crippen LogP) is 4.30. The summed E-state index contributed by atoms with van der Waals surface area (Å²) < 4.78 is 19.9. The van der Waals surface area contributed by atoms with E-state index in [2.05, 4.69) is 15.9 Å². The van der Waals surface area contributed by atoms with Gasteiger partial charge < -0.3 is 9.84 Å². The maximum Gasteiger partial charge on any atom is 0.129 e. The SMILES string of the molecule is COc1cc(C)c(C(O)c2cc(Br)ccc2F)cc1C. The molecule has 2 rings (SSSR count). The monoisotopic (exact) mass is 338 g/mol. The Morgan fingerprint density at radius 2 is 1.80 bits per heavy atom. The molecular formula is C16H16BrFO2. The fraction of sp³-hybridized carbons (Fsp3) is 0.250. The zero-order valence-corrected chi connectivity index (χ0v) is 13.2. The highest BCUT2D eigenvalue weighted by atomic mass is 79.9. The van der Waals surface area contributed by atoms with Crippen molar-refractivity contribution in [1.29, 1.82) is 0 Å². The van der Waals surface area contributed by atoms with Gasteiger partial charge in [0, 0.05) is 10.0 Å². The van der Waals surface area contributed by atoms with E-state index in [4.69, 9.17) is 4.74 Å². The minimum absolute atomic E-state index is 0.257. The molecule has 0 aliphatic rings. The van der Waals surface area contributed by atoms with Gasteiger partial charge in [0.15, 0.2) is 0 Å². The Hall–Kier alpha value is -1.39. The summed E-state index contributed by atoms with van der Waals surface area (Å²) in [5, 5.41) is 10.5. The molecule has 20 heavy (non-hydrogen) atoms. The molecule has 2 nitrogen and oxygen atoms in total. The van der Waals surface area contributed by atoms with E-state index in [0.29, 0.717) is 5.56 Å². The molecule has 0 fully saturated rings. The first kappa shape index (κ1) is 15.0. The van der Waals surface area contributed by atoms with Gasteiger partial charge in [-0.3, -0.25) is 0 Å². The van der Waals surface area contributed by atoms with Gasteiger partial charge in [-0.25, -0.2) is 4.39 Å². The molecule has 106 valence electrons. The van der Waals surface area contributed by atoms with Crippen molar-refractivity contribution in [1.82, 2.24) is 0 Å². The molecular weight excluding hydrogens is 323 g/mol. The lowest BCUT2D eigenvalue weighted by Gasteiger charge is -2.17. The zero-order chi connectivity index (χ0) is 14.9. The van der Waals surface area contributed by atoms with E-state index in [0.717, 1.165) is 21.3 Å². The van der Waals surface area contributed by atoms with E-state index in [-0.39, 0.29) is 5.56 Å². The number of aliphatic hydroxyl groups excluding tert-OH is 1. The Kier molecular flexibility index (Phi) is 4.45. The van der Waals surface area contributed by atoms with E-state index >= 15 is 0 Å². The van der Waals surface area contributed by atoms with Crippen molar-refractivity contribution in [2.24, 2.45) is 0 Å². The van der Waals surface area contributed by atoms with E-state index in [9.17, 15) is 9.50 Å². The van der Waals surface area contributed by atoms with Crippen molar-refractivity contribution in [2.45, 2.75) is 20.0 Å². The van der Waals surface area contributed by atoms with Crippen LogP contribution in [0.5, 0.6) is 5.75 Å². The van der Waals surface area contributed by atoms with Crippen molar-refractivity contribution < 1.29 is 14.2 Å². The summed E-state index contributed by atoms with van der Waals surface area (Å²) >= 11 is 3.30. The molecule has 0 heterocycles. The van der Waals surface area contributed by atoms with Gasteiger partial charge in [-0.05, 0) is 60.9 Å². The number of ether oxygens (including phenoxy) is 1. The molecule has 0 radical (unpaired) electrons. The van der Waals surface area contributed by atoms with Crippen molar-refractivity contribution >= 4 is 15.9 Å². The molecule has 0 aliphatic carbocycles. The van der Waals surface area contributed by atoms with Crippen LogP contribution in [0.15, 0.2) is 34.8 Å². The zero-order valence-electron chi connectivity index (χ0n) is 11.6. The van der Waals surface area contributed by atoms with E-state index in [1.807, 2.05) is 26.0 Å². The summed E-state index contributed by atoms with van der Waals surface area (Å²) in [7, 11) is 1.60. The third-order valence-electron chi connectivity index (χ3n) is 3.33. The Balaban J connectivity index is 2.50. The Morgan fingerprint density at radius 3 is 2.45 bits per heavy atom. The van der Waals surface area contributed by atoms with Gasteiger partial charge >= 0.3 is 0 Å². The molecule has 4 heteroatoms. The van der Waals surface area contributed by atoms with Crippen LogP contribution in [0, 0.1) is 19.7 Å². The van der Waals surface area contributed by atoms with Gasteiger partial charge in [0.2, 0.25) is 0 Å². The van der Waals surface area contributed by atoms with Crippen LogP contribution in [-0.2, 0) is 0 Å². The van der Waals surface area contributed by atoms with Crippen LogP contribution in [0.25, 0.3) is 0 Å². The summed E-state index contributed by atoms with van der Waals surface area (Å²) in [6, 6.07) is 8.23. The van der Waals surface area contributed by atoms with Crippen LogP contribution in [0.4, 0.5) is 4.39 Å². The maximum atomic E-state index is 13.9. The molecule has 0 saturated carbocycles. The maximum absolute atomic E-state index is 13.9. The molecule has 2 aromatic rings. The average molecular weight is 339 g/mol. The first-order valence-corrected chi connectivity index (χ1v) is 7.01. The molecule has 1 N–H and O–H groups in total. The topological polar surface area (TPSA) is 29.5 Å². The average Bonchev–Trinajstić information content (AvgIpc) is 2.42. The first-order chi connectivity index (χ1) is 9.43. The predicted molar refractivity (Wildman–Crippen MR) is 80.6 cm³/mol. The number of aryl methyl sites for hydroxylation is 2. The number of hydrogen-bond donors (Lipinski definition) is 1. The lowest BCUT2D eigenvalue weighted by Crippen LogP contribution is -2.06. The quantitative estimate of drug-likeness (QED) is 0.904. The van der Waals surface area contributed by atoms with Gasteiger partial charge in [-0.2, -0.15) is 0 Å². The van der Waals surface area contributed by atoms with Gasteiger partial charge in [-0.15, -0.1) is 0 Å². The highest BCUT2D eigenvalue weighted by Crippen LogP contribution is 2.32. The second-order valence-corrected chi connectivity index (χ2v) is 5.66. The largest absolute Gasteiger partial charge is 0.496 e. The third kappa shape index (κ3) is 2.86. The van der Waals surface area contributed by atoms with Crippen LogP contribution in [0.3, 0.4) is 0 Å². The highest BCUT2D eigenvalue weighted by molar-refractivity contribution is 9.10. The molecule has 0 amide bonds. The van der Waals surface area contributed by atoms with Crippen molar-refractivity contribution in [3.05, 3.63) is 62.9 Å². The molecule has 0 spiro atoms. The molecule has 0 saturated heterocycles. The minimum atomic E-state index is -1.00.